The number of piperazine rings is 1. The highest BCUT2D eigenvalue weighted by Crippen LogP contribution is 2.30. The zero-order valence-electron chi connectivity index (χ0n) is 11.1. The molecule has 1 spiro atoms. The summed E-state index contributed by atoms with van der Waals surface area (Å²) >= 11 is 0. The molecule has 0 amide bonds. The number of hydrogen-bond acceptors (Lipinski definition) is 3. The van der Waals surface area contributed by atoms with E-state index in [1.807, 2.05) is 12.4 Å². The van der Waals surface area contributed by atoms with Crippen LogP contribution in [-0.4, -0.2) is 35.1 Å². The summed E-state index contributed by atoms with van der Waals surface area (Å²) in [6, 6.07) is 4.27. The number of aromatic nitrogens is 1. The molecule has 98 valence electrons. The van der Waals surface area contributed by atoms with Crippen molar-refractivity contribution < 1.29 is 0 Å². The lowest BCUT2D eigenvalue weighted by molar-refractivity contribution is 0.0945. The monoisotopic (exact) mass is 245 g/mol. The zero-order chi connectivity index (χ0) is 12.3. The summed E-state index contributed by atoms with van der Waals surface area (Å²) in [6.07, 6.45) is 10.7. The fourth-order valence-electron chi connectivity index (χ4n) is 3.49. The second-order valence-electron chi connectivity index (χ2n) is 5.83. The minimum absolute atomic E-state index is 0.420. The summed E-state index contributed by atoms with van der Waals surface area (Å²) < 4.78 is 0. The van der Waals surface area contributed by atoms with Crippen LogP contribution in [0.2, 0.25) is 0 Å². The van der Waals surface area contributed by atoms with Crippen LogP contribution in [0, 0.1) is 0 Å². The molecule has 18 heavy (non-hydrogen) atoms. The molecule has 3 heteroatoms. The van der Waals surface area contributed by atoms with E-state index in [9.17, 15) is 0 Å². The molecule has 1 aliphatic carbocycles. The van der Waals surface area contributed by atoms with E-state index in [0.29, 0.717) is 5.54 Å². The zero-order valence-corrected chi connectivity index (χ0v) is 11.1. The van der Waals surface area contributed by atoms with Gasteiger partial charge in [0.15, 0.2) is 0 Å². The van der Waals surface area contributed by atoms with Gasteiger partial charge in [0.25, 0.3) is 0 Å². The minimum atomic E-state index is 0.420. The second-order valence-corrected chi connectivity index (χ2v) is 5.83. The van der Waals surface area contributed by atoms with Gasteiger partial charge in [0.1, 0.15) is 0 Å². The van der Waals surface area contributed by atoms with E-state index in [0.717, 1.165) is 13.1 Å². The summed E-state index contributed by atoms with van der Waals surface area (Å²) in [5, 5.41) is 3.80. The van der Waals surface area contributed by atoms with Crippen LogP contribution in [0.5, 0.6) is 0 Å². The van der Waals surface area contributed by atoms with Crippen LogP contribution < -0.4 is 5.32 Å². The first-order valence-corrected chi connectivity index (χ1v) is 7.23. The molecule has 0 unspecified atom stereocenters. The fraction of sp³-hybridized carbons (Fsp3) is 0.667. The predicted octanol–water partition coefficient (Wildman–Crippen LogP) is 2.19. The topological polar surface area (TPSA) is 28.2 Å². The lowest BCUT2D eigenvalue weighted by atomic mass is 9.80. The Kier molecular flexibility index (Phi) is 3.62. The maximum absolute atomic E-state index is 4.09. The molecule has 3 nitrogen and oxygen atoms in total. The summed E-state index contributed by atoms with van der Waals surface area (Å²) in [6.45, 7) is 4.61. The molecule has 1 N–H and O–H groups in total. The summed E-state index contributed by atoms with van der Waals surface area (Å²) in [5.41, 5.74) is 1.81. The van der Waals surface area contributed by atoms with Crippen molar-refractivity contribution in [1.29, 1.82) is 0 Å². The van der Waals surface area contributed by atoms with Crippen molar-refractivity contribution in [2.24, 2.45) is 0 Å². The molecular weight excluding hydrogens is 222 g/mol. The average molecular weight is 245 g/mol. The minimum Gasteiger partial charge on any atom is -0.309 e. The number of hydrogen-bond donors (Lipinski definition) is 1. The SMILES string of the molecule is c1cc(CN2CCNC3(CCCCC3)C2)ccn1. The van der Waals surface area contributed by atoms with Gasteiger partial charge in [-0.25, -0.2) is 0 Å². The first-order valence-electron chi connectivity index (χ1n) is 7.23. The predicted molar refractivity (Wildman–Crippen MR) is 73.3 cm³/mol. The Bertz CT molecular complexity index is 365. The van der Waals surface area contributed by atoms with E-state index in [4.69, 9.17) is 0 Å². The quantitative estimate of drug-likeness (QED) is 0.865. The molecule has 1 aliphatic heterocycles. The Morgan fingerprint density at radius 2 is 1.94 bits per heavy atom. The molecule has 0 radical (unpaired) electrons. The van der Waals surface area contributed by atoms with Gasteiger partial charge in [0.05, 0.1) is 0 Å². The maximum Gasteiger partial charge on any atom is 0.0309 e. The fourth-order valence-corrected chi connectivity index (χ4v) is 3.49. The molecule has 2 heterocycles. The Balaban J connectivity index is 1.63. The molecule has 0 atom stereocenters. The summed E-state index contributed by atoms with van der Waals surface area (Å²) in [4.78, 5) is 6.70. The highest BCUT2D eigenvalue weighted by Gasteiger charge is 2.35. The molecule has 3 rings (SSSR count). The van der Waals surface area contributed by atoms with Crippen LogP contribution in [0.3, 0.4) is 0 Å². The smallest absolute Gasteiger partial charge is 0.0309 e. The van der Waals surface area contributed by atoms with E-state index in [-0.39, 0.29) is 0 Å². The lowest BCUT2D eigenvalue weighted by Crippen LogP contribution is -2.60. The van der Waals surface area contributed by atoms with E-state index >= 15 is 0 Å². The Labute approximate surface area is 110 Å². The first-order chi connectivity index (χ1) is 8.86. The molecule has 1 saturated carbocycles. The number of rotatable bonds is 2. The van der Waals surface area contributed by atoms with Gasteiger partial charge >= 0.3 is 0 Å². The largest absolute Gasteiger partial charge is 0.309 e. The van der Waals surface area contributed by atoms with Gasteiger partial charge in [-0.15, -0.1) is 0 Å². The van der Waals surface area contributed by atoms with Crippen LogP contribution in [0.15, 0.2) is 24.5 Å². The van der Waals surface area contributed by atoms with E-state index in [1.165, 1.54) is 50.8 Å². The molecule has 0 aromatic carbocycles. The van der Waals surface area contributed by atoms with Crippen molar-refractivity contribution in [3.63, 3.8) is 0 Å². The number of nitrogens with one attached hydrogen (secondary N) is 1. The third kappa shape index (κ3) is 2.73. The highest BCUT2D eigenvalue weighted by molar-refractivity contribution is 5.10. The maximum atomic E-state index is 4.09. The Morgan fingerprint density at radius 3 is 2.72 bits per heavy atom. The summed E-state index contributed by atoms with van der Waals surface area (Å²) in [7, 11) is 0. The van der Waals surface area contributed by atoms with Crippen molar-refractivity contribution in [3.8, 4) is 0 Å². The van der Waals surface area contributed by atoms with Gasteiger partial charge < -0.3 is 5.32 Å². The van der Waals surface area contributed by atoms with E-state index in [2.05, 4.69) is 27.3 Å². The highest BCUT2D eigenvalue weighted by atomic mass is 15.2. The first kappa shape index (κ1) is 12.1. The molecule has 2 aliphatic rings. The van der Waals surface area contributed by atoms with Crippen LogP contribution in [-0.2, 0) is 6.54 Å². The molecule has 1 aromatic heterocycles. The molecular formula is C15H23N3. The van der Waals surface area contributed by atoms with Gasteiger partial charge in [-0.2, -0.15) is 0 Å². The standard InChI is InChI=1S/C15H23N3/c1-2-6-15(7-3-1)13-18(11-10-17-15)12-14-4-8-16-9-5-14/h4-5,8-9,17H,1-3,6-7,10-13H2. The molecule has 1 saturated heterocycles. The third-order valence-corrected chi connectivity index (χ3v) is 4.42. The van der Waals surface area contributed by atoms with Crippen LogP contribution >= 0.6 is 0 Å². The molecule has 0 bridgehead atoms. The van der Waals surface area contributed by atoms with E-state index in [1.54, 1.807) is 0 Å². The van der Waals surface area contributed by atoms with Gasteiger partial charge in [0.2, 0.25) is 0 Å². The summed E-state index contributed by atoms with van der Waals surface area (Å²) in [5.74, 6) is 0. The van der Waals surface area contributed by atoms with Crippen LogP contribution in [0.4, 0.5) is 0 Å². The molecule has 2 fully saturated rings. The lowest BCUT2D eigenvalue weighted by Gasteiger charge is -2.46. The Morgan fingerprint density at radius 1 is 1.17 bits per heavy atom. The van der Waals surface area contributed by atoms with Gasteiger partial charge in [-0.3, -0.25) is 9.88 Å². The van der Waals surface area contributed by atoms with Gasteiger partial charge in [0, 0.05) is 44.1 Å². The van der Waals surface area contributed by atoms with Crippen molar-refractivity contribution >= 4 is 0 Å². The Hall–Kier alpha value is -0.930. The van der Waals surface area contributed by atoms with Crippen molar-refractivity contribution in [2.45, 2.75) is 44.2 Å². The van der Waals surface area contributed by atoms with Gasteiger partial charge in [-0.1, -0.05) is 19.3 Å². The third-order valence-electron chi connectivity index (χ3n) is 4.42. The van der Waals surface area contributed by atoms with Crippen LogP contribution in [0.1, 0.15) is 37.7 Å². The molecule has 1 aromatic rings. The van der Waals surface area contributed by atoms with Crippen LogP contribution in [0.25, 0.3) is 0 Å². The van der Waals surface area contributed by atoms with Gasteiger partial charge in [-0.05, 0) is 30.5 Å². The van der Waals surface area contributed by atoms with Crippen molar-refractivity contribution in [1.82, 2.24) is 15.2 Å². The van der Waals surface area contributed by atoms with E-state index < -0.39 is 0 Å². The average Bonchev–Trinajstić information content (AvgIpc) is 2.41. The number of pyridine rings is 1. The second kappa shape index (κ2) is 5.37. The van der Waals surface area contributed by atoms with Crippen molar-refractivity contribution in [3.05, 3.63) is 30.1 Å². The van der Waals surface area contributed by atoms with Crippen molar-refractivity contribution in [2.75, 3.05) is 19.6 Å². The number of nitrogens with zero attached hydrogens (tertiary/aromatic N) is 2. The normalized spacial score (nSPS) is 24.2.